The summed E-state index contributed by atoms with van der Waals surface area (Å²) in [5.41, 5.74) is 2.56. The topological polar surface area (TPSA) is 46.4 Å². The van der Waals surface area contributed by atoms with Crippen LogP contribution in [0.3, 0.4) is 0 Å². The fourth-order valence-corrected chi connectivity index (χ4v) is 3.12. The van der Waals surface area contributed by atoms with E-state index >= 15 is 0 Å². The third kappa shape index (κ3) is 3.43. The molecule has 2 heterocycles. The van der Waals surface area contributed by atoms with Crippen LogP contribution in [0.4, 0.5) is 0 Å². The molecular formula is C17H23N3O. The first-order valence-electron chi connectivity index (χ1n) is 7.98. The van der Waals surface area contributed by atoms with Gasteiger partial charge in [0.05, 0.1) is 11.3 Å². The maximum atomic E-state index is 12.4. The Bertz CT molecular complexity index is 624. The lowest BCUT2D eigenvalue weighted by atomic mass is 9.96. The molecule has 0 bridgehead atoms. The van der Waals surface area contributed by atoms with E-state index < -0.39 is 0 Å². The minimum absolute atomic E-state index is 0.0360. The van der Waals surface area contributed by atoms with Gasteiger partial charge in [-0.3, -0.25) is 4.79 Å². The van der Waals surface area contributed by atoms with Crippen LogP contribution in [-0.2, 0) is 0 Å². The lowest BCUT2D eigenvalue weighted by Gasteiger charge is -2.21. The minimum Gasteiger partial charge on any atom is -0.349 e. The zero-order valence-electron chi connectivity index (χ0n) is 12.6. The second-order valence-electron chi connectivity index (χ2n) is 6.08. The van der Waals surface area contributed by atoms with Crippen molar-refractivity contribution in [3.63, 3.8) is 0 Å². The van der Waals surface area contributed by atoms with E-state index in [2.05, 4.69) is 10.3 Å². The van der Waals surface area contributed by atoms with Gasteiger partial charge in [-0.1, -0.05) is 32.1 Å². The number of rotatable bonds is 2. The molecule has 21 heavy (non-hydrogen) atoms. The number of nitrogens with zero attached hydrogens (tertiary/aromatic N) is 2. The maximum Gasteiger partial charge on any atom is 0.252 e. The lowest BCUT2D eigenvalue weighted by molar-refractivity contribution is 0.0930. The Balaban J connectivity index is 1.70. The van der Waals surface area contributed by atoms with Gasteiger partial charge in [0.25, 0.3) is 5.91 Å². The summed E-state index contributed by atoms with van der Waals surface area (Å²) in [7, 11) is 0. The largest absolute Gasteiger partial charge is 0.349 e. The molecule has 0 aromatic carbocycles. The Kier molecular flexibility index (Phi) is 4.23. The number of hydrogen-bond acceptors (Lipinski definition) is 2. The Labute approximate surface area is 125 Å². The lowest BCUT2D eigenvalue weighted by Crippen LogP contribution is -2.35. The first-order valence-corrected chi connectivity index (χ1v) is 7.98. The second-order valence-corrected chi connectivity index (χ2v) is 6.08. The molecule has 112 valence electrons. The van der Waals surface area contributed by atoms with Gasteiger partial charge in [0.15, 0.2) is 0 Å². The van der Waals surface area contributed by atoms with E-state index in [1.54, 1.807) is 0 Å². The Hall–Kier alpha value is -1.84. The van der Waals surface area contributed by atoms with Crippen molar-refractivity contribution < 1.29 is 4.79 Å². The van der Waals surface area contributed by atoms with Gasteiger partial charge in [0.1, 0.15) is 5.65 Å². The number of aryl methyl sites for hydroxylation is 1. The molecule has 4 nitrogen and oxygen atoms in total. The summed E-state index contributed by atoms with van der Waals surface area (Å²) in [6.45, 7) is 1.96. The third-order valence-electron chi connectivity index (χ3n) is 4.27. The second kappa shape index (κ2) is 6.29. The molecule has 0 aliphatic heterocycles. The molecule has 2 aromatic rings. The summed E-state index contributed by atoms with van der Waals surface area (Å²) in [6, 6.07) is 4.10. The average Bonchev–Trinajstić information content (AvgIpc) is 2.80. The fourth-order valence-electron chi connectivity index (χ4n) is 3.12. The molecule has 0 saturated heterocycles. The van der Waals surface area contributed by atoms with Crippen LogP contribution < -0.4 is 5.32 Å². The van der Waals surface area contributed by atoms with Crippen molar-refractivity contribution in [3.05, 3.63) is 35.8 Å². The van der Waals surface area contributed by atoms with E-state index in [0.29, 0.717) is 11.6 Å². The number of hydrogen-bond donors (Lipinski definition) is 1. The average molecular weight is 285 g/mol. The standard InChI is InChI=1S/C17H23N3O/c1-13-11-20-12-14(9-10-16(20)18-13)17(21)19-15-7-5-3-2-4-6-8-15/h9-12,15H,2-8H2,1H3,(H,19,21). The highest BCUT2D eigenvalue weighted by atomic mass is 16.1. The maximum absolute atomic E-state index is 12.4. The summed E-state index contributed by atoms with van der Waals surface area (Å²) < 4.78 is 1.92. The van der Waals surface area contributed by atoms with Gasteiger partial charge in [-0.05, 0) is 31.9 Å². The fraction of sp³-hybridized carbons (Fsp3) is 0.529. The SMILES string of the molecule is Cc1cn2cc(C(=O)NC3CCCCCCC3)ccc2n1. The highest BCUT2D eigenvalue weighted by Crippen LogP contribution is 2.17. The molecular weight excluding hydrogens is 262 g/mol. The van der Waals surface area contributed by atoms with Crippen molar-refractivity contribution in [1.29, 1.82) is 0 Å². The van der Waals surface area contributed by atoms with Crippen molar-refractivity contribution in [2.45, 2.75) is 57.9 Å². The highest BCUT2D eigenvalue weighted by Gasteiger charge is 2.15. The van der Waals surface area contributed by atoms with Crippen LogP contribution in [0, 0.1) is 6.92 Å². The zero-order valence-corrected chi connectivity index (χ0v) is 12.6. The number of carbonyl (C=O) groups excluding carboxylic acids is 1. The number of carbonyl (C=O) groups is 1. The van der Waals surface area contributed by atoms with Crippen LogP contribution in [0.1, 0.15) is 61.0 Å². The van der Waals surface area contributed by atoms with E-state index in [-0.39, 0.29) is 5.91 Å². The molecule has 3 rings (SSSR count). The quantitative estimate of drug-likeness (QED) is 0.918. The summed E-state index contributed by atoms with van der Waals surface area (Å²) in [5, 5.41) is 3.20. The number of amides is 1. The summed E-state index contributed by atoms with van der Waals surface area (Å²) in [4.78, 5) is 16.8. The van der Waals surface area contributed by atoms with Crippen molar-refractivity contribution >= 4 is 11.6 Å². The summed E-state index contributed by atoms with van der Waals surface area (Å²) >= 11 is 0. The molecule has 4 heteroatoms. The molecule has 1 N–H and O–H groups in total. The van der Waals surface area contributed by atoms with Gasteiger partial charge in [0.2, 0.25) is 0 Å². The Morgan fingerprint density at radius 3 is 2.62 bits per heavy atom. The molecule has 2 aromatic heterocycles. The smallest absolute Gasteiger partial charge is 0.252 e. The van der Waals surface area contributed by atoms with E-state index in [1.807, 2.05) is 35.9 Å². The normalized spacial score (nSPS) is 17.4. The molecule has 0 spiro atoms. The van der Waals surface area contributed by atoms with Gasteiger partial charge < -0.3 is 9.72 Å². The Morgan fingerprint density at radius 1 is 1.14 bits per heavy atom. The number of nitrogens with one attached hydrogen (secondary N) is 1. The van der Waals surface area contributed by atoms with Crippen molar-refractivity contribution in [2.75, 3.05) is 0 Å². The van der Waals surface area contributed by atoms with Crippen LogP contribution in [0.25, 0.3) is 5.65 Å². The number of imidazole rings is 1. The van der Waals surface area contributed by atoms with Gasteiger partial charge in [-0.25, -0.2) is 4.98 Å². The van der Waals surface area contributed by atoms with Crippen molar-refractivity contribution in [1.82, 2.24) is 14.7 Å². The van der Waals surface area contributed by atoms with Gasteiger partial charge in [-0.2, -0.15) is 0 Å². The molecule has 1 amide bonds. The van der Waals surface area contributed by atoms with E-state index in [1.165, 1.54) is 32.1 Å². The molecule has 1 fully saturated rings. The summed E-state index contributed by atoms with van der Waals surface area (Å²) in [5.74, 6) is 0.0360. The number of pyridine rings is 1. The molecule has 1 saturated carbocycles. The van der Waals surface area contributed by atoms with Crippen LogP contribution in [0.2, 0.25) is 0 Å². The minimum atomic E-state index is 0.0360. The van der Waals surface area contributed by atoms with E-state index in [0.717, 1.165) is 24.2 Å². The van der Waals surface area contributed by atoms with Crippen LogP contribution in [0.5, 0.6) is 0 Å². The number of aromatic nitrogens is 2. The molecule has 0 unspecified atom stereocenters. The van der Waals surface area contributed by atoms with Crippen LogP contribution >= 0.6 is 0 Å². The molecule has 0 radical (unpaired) electrons. The molecule has 1 aliphatic carbocycles. The van der Waals surface area contributed by atoms with Crippen molar-refractivity contribution in [2.24, 2.45) is 0 Å². The predicted octanol–water partition coefficient (Wildman–Crippen LogP) is 3.49. The van der Waals surface area contributed by atoms with E-state index in [9.17, 15) is 4.79 Å². The Morgan fingerprint density at radius 2 is 1.86 bits per heavy atom. The zero-order chi connectivity index (χ0) is 14.7. The monoisotopic (exact) mass is 285 g/mol. The van der Waals surface area contributed by atoms with Crippen LogP contribution in [0.15, 0.2) is 24.5 Å². The van der Waals surface area contributed by atoms with Crippen molar-refractivity contribution in [3.8, 4) is 0 Å². The number of fused-ring (bicyclic) bond motifs is 1. The first-order chi connectivity index (χ1) is 10.2. The van der Waals surface area contributed by atoms with Crippen LogP contribution in [-0.4, -0.2) is 21.3 Å². The first kappa shape index (κ1) is 14.1. The summed E-state index contributed by atoms with van der Waals surface area (Å²) in [6.07, 6.45) is 12.4. The molecule has 0 atom stereocenters. The van der Waals surface area contributed by atoms with Gasteiger partial charge in [0, 0.05) is 18.4 Å². The highest BCUT2D eigenvalue weighted by molar-refractivity contribution is 5.94. The molecule has 1 aliphatic rings. The van der Waals surface area contributed by atoms with E-state index in [4.69, 9.17) is 0 Å². The predicted molar refractivity (Wildman–Crippen MR) is 83.5 cm³/mol. The van der Waals surface area contributed by atoms with Gasteiger partial charge in [-0.15, -0.1) is 0 Å². The van der Waals surface area contributed by atoms with Gasteiger partial charge >= 0.3 is 0 Å². The third-order valence-corrected chi connectivity index (χ3v) is 4.27.